The van der Waals surface area contributed by atoms with Crippen molar-refractivity contribution in [1.82, 2.24) is 4.98 Å². The van der Waals surface area contributed by atoms with Gasteiger partial charge in [-0.3, -0.25) is 4.98 Å². The topological polar surface area (TPSA) is 22.1 Å². The van der Waals surface area contributed by atoms with E-state index in [0.717, 1.165) is 6.20 Å². The zero-order chi connectivity index (χ0) is 12.3. The van der Waals surface area contributed by atoms with Gasteiger partial charge in [0.05, 0.1) is 6.20 Å². The average Bonchev–Trinajstić information content (AvgIpc) is 2.31. The Morgan fingerprint density at radius 2 is 2.00 bits per heavy atom. The number of hydrogen-bond donors (Lipinski definition) is 0. The van der Waals surface area contributed by atoms with Crippen LogP contribution in [0.3, 0.4) is 0 Å². The van der Waals surface area contributed by atoms with E-state index in [4.69, 9.17) is 4.74 Å². The SMILES string of the molecule is Cc1cc(OCc2cncc(F)c2)ccc1F. The summed E-state index contributed by atoms with van der Waals surface area (Å²) in [6.45, 7) is 1.86. The molecule has 0 radical (unpaired) electrons. The molecule has 0 aliphatic carbocycles. The summed E-state index contributed by atoms with van der Waals surface area (Å²) in [5.74, 6) is -0.126. The van der Waals surface area contributed by atoms with Gasteiger partial charge in [-0.2, -0.15) is 0 Å². The van der Waals surface area contributed by atoms with Gasteiger partial charge in [0.1, 0.15) is 24.0 Å². The van der Waals surface area contributed by atoms with E-state index in [1.165, 1.54) is 24.4 Å². The lowest BCUT2D eigenvalue weighted by Crippen LogP contribution is -1.97. The van der Waals surface area contributed by atoms with Crippen LogP contribution in [0.25, 0.3) is 0 Å². The van der Waals surface area contributed by atoms with Crippen LogP contribution in [-0.2, 0) is 6.61 Å². The van der Waals surface area contributed by atoms with E-state index < -0.39 is 5.82 Å². The first-order valence-corrected chi connectivity index (χ1v) is 5.13. The lowest BCUT2D eigenvalue weighted by molar-refractivity contribution is 0.304. The number of pyridine rings is 1. The Morgan fingerprint density at radius 1 is 1.18 bits per heavy atom. The Hall–Kier alpha value is -1.97. The van der Waals surface area contributed by atoms with E-state index in [0.29, 0.717) is 16.9 Å². The zero-order valence-corrected chi connectivity index (χ0v) is 9.28. The van der Waals surface area contributed by atoms with Crippen LogP contribution in [0, 0.1) is 18.6 Å². The lowest BCUT2D eigenvalue weighted by Gasteiger charge is -2.07. The van der Waals surface area contributed by atoms with Crippen molar-refractivity contribution in [2.24, 2.45) is 0 Å². The first kappa shape index (κ1) is 11.5. The summed E-state index contributed by atoms with van der Waals surface area (Å²) in [5, 5.41) is 0. The molecular weight excluding hydrogens is 224 g/mol. The molecule has 0 spiro atoms. The summed E-state index contributed by atoms with van der Waals surface area (Å²) in [7, 11) is 0. The molecule has 88 valence electrons. The van der Waals surface area contributed by atoms with Crippen molar-refractivity contribution in [2.45, 2.75) is 13.5 Å². The van der Waals surface area contributed by atoms with Crippen molar-refractivity contribution in [3.8, 4) is 5.75 Å². The van der Waals surface area contributed by atoms with Gasteiger partial charge in [-0.05, 0) is 36.8 Å². The Labute approximate surface area is 97.9 Å². The smallest absolute Gasteiger partial charge is 0.141 e. The van der Waals surface area contributed by atoms with Crippen LogP contribution < -0.4 is 4.74 Å². The molecule has 0 saturated heterocycles. The quantitative estimate of drug-likeness (QED) is 0.814. The summed E-state index contributed by atoms with van der Waals surface area (Å²) in [4.78, 5) is 3.71. The van der Waals surface area contributed by atoms with Gasteiger partial charge in [0.25, 0.3) is 0 Å². The molecule has 0 fully saturated rings. The fourth-order valence-electron chi connectivity index (χ4n) is 1.41. The Balaban J connectivity index is 2.05. The van der Waals surface area contributed by atoms with Crippen LogP contribution in [0.15, 0.2) is 36.7 Å². The van der Waals surface area contributed by atoms with Gasteiger partial charge in [0.2, 0.25) is 0 Å². The second-order valence-corrected chi connectivity index (χ2v) is 3.71. The van der Waals surface area contributed by atoms with Crippen LogP contribution in [0.5, 0.6) is 5.75 Å². The Kier molecular flexibility index (Phi) is 3.32. The molecule has 0 bridgehead atoms. The maximum absolute atomic E-state index is 13.0. The standard InChI is InChI=1S/C13H11F2NO/c1-9-4-12(2-3-13(9)15)17-8-10-5-11(14)7-16-6-10/h2-7H,8H2,1H3. The summed E-state index contributed by atoms with van der Waals surface area (Å²) in [6.07, 6.45) is 2.66. The molecule has 0 atom stereocenters. The number of nitrogens with zero attached hydrogens (tertiary/aromatic N) is 1. The van der Waals surface area contributed by atoms with Gasteiger partial charge < -0.3 is 4.74 Å². The molecular formula is C13H11F2NO. The van der Waals surface area contributed by atoms with Gasteiger partial charge in [0, 0.05) is 11.8 Å². The van der Waals surface area contributed by atoms with Crippen molar-refractivity contribution < 1.29 is 13.5 Å². The molecule has 2 aromatic rings. The van der Waals surface area contributed by atoms with Crippen LogP contribution in [-0.4, -0.2) is 4.98 Å². The lowest BCUT2D eigenvalue weighted by atomic mass is 10.2. The third-order valence-corrected chi connectivity index (χ3v) is 2.30. The van der Waals surface area contributed by atoms with Crippen molar-refractivity contribution in [3.05, 3.63) is 59.4 Å². The number of ether oxygens (including phenoxy) is 1. The van der Waals surface area contributed by atoms with Crippen LogP contribution in [0.1, 0.15) is 11.1 Å². The van der Waals surface area contributed by atoms with Crippen LogP contribution in [0.4, 0.5) is 8.78 Å². The second-order valence-electron chi connectivity index (χ2n) is 3.71. The predicted octanol–water partition coefficient (Wildman–Crippen LogP) is 3.25. The largest absolute Gasteiger partial charge is 0.489 e. The monoisotopic (exact) mass is 235 g/mol. The Morgan fingerprint density at radius 3 is 2.71 bits per heavy atom. The highest BCUT2D eigenvalue weighted by atomic mass is 19.1. The minimum Gasteiger partial charge on any atom is -0.489 e. The zero-order valence-electron chi connectivity index (χ0n) is 9.28. The highest BCUT2D eigenvalue weighted by Crippen LogP contribution is 2.17. The van der Waals surface area contributed by atoms with Gasteiger partial charge >= 0.3 is 0 Å². The summed E-state index contributed by atoms with van der Waals surface area (Å²) in [6, 6.07) is 5.83. The molecule has 0 aliphatic heterocycles. The summed E-state index contributed by atoms with van der Waals surface area (Å²) >= 11 is 0. The minimum absolute atomic E-state index is 0.204. The van der Waals surface area contributed by atoms with E-state index >= 15 is 0 Å². The van der Waals surface area contributed by atoms with Gasteiger partial charge in [-0.1, -0.05) is 0 Å². The summed E-state index contributed by atoms with van der Waals surface area (Å²) < 4.78 is 31.3. The van der Waals surface area contributed by atoms with E-state index in [1.807, 2.05) is 0 Å². The predicted molar refractivity (Wildman–Crippen MR) is 59.7 cm³/mol. The molecule has 0 aliphatic rings. The first-order valence-electron chi connectivity index (χ1n) is 5.13. The molecule has 1 aromatic heterocycles. The maximum Gasteiger partial charge on any atom is 0.141 e. The van der Waals surface area contributed by atoms with Crippen LogP contribution >= 0.6 is 0 Å². The van der Waals surface area contributed by atoms with Gasteiger partial charge in [-0.25, -0.2) is 8.78 Å². The maximum atomic E-state index is 13.0. The molecule has 0 unspecified atom stereocenters. The van der Waals surface area contributed by atoms with E-state index in [1.54, 1.807) is 13.0 Å². The third-order valence-electron chi connectivity index (χ3n) is 2.30. The number of aromatic nitrogens is 1. The van der Waals surface area contributed by atoms with Gasteiger partial charge in [0.15, 0.2) is 0 Å². The number of benzene rings is 1. The average molecular weight is 235 g/mol. The van der Waals surface area contributed by atoms with E-state index in [2.05, 4.69) is 4.98 Å². The highest BCUT2D eigenvalue weighted by Gasteiger charge is 2.01. The molecule has 0 N–H and O–H groups in total. The number of hydrogen-bond acceptors (Lipinski definition) is 2. The molecule has 2 nitrogen and oxygen atoms in total. The fourth-order valence-corrected chi connectivity index (χ4v) is 1.41. The van der Waals surface area contributed by atoms with Crippen molar-refractivity contribution >= 4 is 0 Å². The normalized spacial score (nSPS) is 10.3. The third kappa shape index (κ3) is 3.00. The number of halogens is 2. The molecule has 1 heterocycles. The number of aryl methyl sites for hydroxylation is 1. The molecule has 2 rings (SSSR count). The van der Waals surface area contributed by atoms with E-state index in [9.17, 15) is 8.78 Å². The van der Waals surface area contributed by atoms with Gasteiger partial charge in [-0.15, -0.1) is 0 Å². The Bertz CT molecular complexity index is 529. The minimum atomic E-state index is -0.401. The fraction of sp³-hybridized carbons (Fsp3) is 0.154. The highest BCUT2D eigenvalue weighted by molar-refractivity contribution is 5.29. The van der Waals surface area contributed by atoms with Crippen LogP contribution in [0.2, 0.25) is 0 Å². The molecule has 0 saturated carbocycles. The molecule has 17 heavy (non-hydrogen) atoms. The first-order chi connectivity index (χ1) is 8.15. The molecule has 1 aromatic carbocycles. The molecule has 0 amide bonds. The number of rotatable bonds is 3. The van der Waals surface area contributed by atoms with Crippen molar-refractivity contribution in [3.63, 3.8) is 0 Å². The van der Waals surface area contributed by atoms with Crippen molar-refractivity contribution in [2.75, 3.05) is 0 Å². The summed E-state index contributed by atoms with van der Waals surface area (Å²) in [5.41, 5.74) is 1.15. The van der Waals surface area contributed by atoms with E-state index in [-0.39, 0.29) is 12.4 Å². The molecule has 4 heteroatoms. The van der Waals surface area contributed by atoms with Crippen molar-refractivity contribution in [1.29, 1.82) is 0 Å². The second kappa shape index (κ2) is 4.91.